The minimum Gasteiger partial charge on any atom is -0.350 e. The number of aromatic amines is 1. The zero-order chi connectivity index (χ0) is 13.3. The molecule has 2 N–H and O–H groups in total. The summed E-state index contributed by atoms with van der Waals surface area (Å²) in [5, 5.41) is 10.2. The van der Waals surface area contributed by atoms with E-state index in [2.05, 4.69) is 20.6 Å². The zero-order valence-corrected chi connectivity index (χ0v) is 10.5. The van der Waals surface area contributed by atoms with Crippen molar-refractivity contribution >= 4 is 11.4 Å². The molecule has 0 aromatic carbocycles. The number of rotatable bonds is 3. The zero-order valence-electron chi connectivity index (χ0n) is 10.5. The van der Waals surface area contributed by atoms with Crippen molar-refractivity contribution in [1.82, 2.24) is 25.1 Å². The van der Waals surface area contributed by atoms with Gasteiger partial charge in [-0.2, -0.15) is 0 Å². The quantitative estimate of drug-likeness (QED) is 0.807. The fourth-order valence-electron chi connectivity index (χ4n) is 1.58. The van der Waals surface area contributed by atoms with Crippen LogP contribution in [0.3, 0.4) is 0 Å². The summed E-state index contributed by atoms with van der Waals surface area (Å²) in [5.41, 5.74) is 0.514. The number of amides is 1. The molecule has 0 spiro atoms. The summed E-state index contributed by atoms with van der Waals surface area (Å²) >= 11 is 0. The molecule has 0 fully saturated rings. The number of H-pyrrole nitrogens is 1. The molecule has 0 unspecified atom stereocenters. The maximum Gasteiger partial charge on any atom is 0.276 e. The van der Waals surface area contributed by atoms with Crippen molar-refractivity contribution in [3.63, 3.8) is 0 Å². The molecule has 0 radical (unpaired) electrons. The number of hydrogen-bond acceptors (Lipinski definition) is 4. The first-order valence-corrected chi connectivity index (χ1v) is 5.72. The molecule has 1 amide bonds. The van der Waals surface area contributed by atoms with Gasteiger partial charge < -0.3 is 10.3 Å². The smallest absolute Gasteiger partial charge is 0.276 e. The average molecular weight is 249 g/mol. The van der Waals surface area contributed by atoms with Crippen molar-refractivity contribution in [2.24, 2.45) is 5.92 Å². The van der Waals surface area contributed by atoms with Gasteiger partial charge in [-0.05, 0) is 12.8 Å². The Hall–Kier alpha value is -2.18. The summed E-state index contributed by atoms with van der Waals surface area (Å²) in [5.74, 6) is -0.0515. The molecule has 0 aliphatic carbocycles. The molecule has 2 rings (SSSR count). The van der Waals surface area contributed by atoms with E-state index in [9.17, 15) is 9.59 Å². The fourth-order valence-corrected chi connectivity index (χ4v) is 1.58. The summed E-state index contributed by atoms with van der Waals surface area (Å²) in [7, 11) is 0. The minimum absolute atomic E-state index is 0.0527. The van der Waals surface area contributed by atoms with Gasteiger partial charge >= 0.3 is 0 Å². The van der Waals surface area contributed by atoms with Crippen LogP contribution in [-0.2, 0) is 0 Å². The Morgan fingerprint density at radius 1 is 1.56 bits per heavy atom. The largest absolute Gasteiger partial charge is 0.350 e. The van der Waals surface area contributed by atoms with Crippen molar-refractivity contribution in [1.29, 1.82) is 0 Å². The number of carbonyl (C=O) groups is 1. The molecule has 7 heteroatoms. The second-order valence-electron chi connectivity index (χ2n) is 4.60. The third kappa shape index (κ3) is 2.24. The number of nitrogens with zero attached hydrogens (tertiary/aromatic N) is 3. The first kappa shape index (κ1) is 12.3. The highest BCUT2D eigenvalue weighted by molar-refractivity contribution is 5.98. The Bertz CT molecular complexity index is 640. The second-order valence-corrected chi connectivity index (χ2v) is 4.60. The van der Waals surface area contributed by atoms with Crippen LogP contribution in [0.4, 0.5) is 0 Å². The monoisotopic (exact) mass is 249 g/mol. The lowest BCUT2D eigenvalue weighted by Gasteiger charge is -2.05. The maximum atomic E-state index is 11.9. The van der Waals surface area contributed by atoms with Crippen LogP contribution < -0.4 is 10.9 Å². The first-order valence-electron chi connectivity index (χ1n) is 5.72. The van der Waals surface area contributed by atoms with Crippen molar-refractivity contribution < 1.29 is 4.79 Å². The molecular weight excluding hydrogens is 234 g/mol. The van der Waals surface area contributed by atoms with E-state index < -0.39 is 0 Å². The highest BCUT2D eigenvalue weighted by Crippen LogP contribution is 2.02. The number of hydrogen-bond donors (Lipinski definition) is 2. The molecule has 0 aliphatic rings. The van der Waals surface area contributed by atoms with Gasteiger partial charge in [-0.1, -0.05) is 19.1 Å². The number of aryl methyl sites for hydroxylation is 1. The molecular formula is C11H15N5O2. The molecule has 0 bridgehead atoms. The van der Waals surface area contributed by atoms with E-state index in [0.29, 0.717) is 18.2 Å². The van der Waals surface area contributed by atoms with Crippen molar-refractivity contribution in [2.75, 3.05) is 6.54 Å². The van der Waals surface area contributed by atoms with Gasteiger partial charge in [-0.3, -0.25) is 9.59 Å². The molecule has 2 aromatic heterocycles. The molecule has 18 heavy (non-hydrogen) atoms. The van der Waals surface area contributed by atoms with E-state index in [1.807, 2.05) is 13.8 Å². The predicted molar refractivity (Wildman–Crippen MR) is 65.5 cm³/mol. The first-order chi connectivity index (χ1) is 8.49. The molecule has 2 heterocycles. The Labute approximate surface area is 103 Å². The van der Waals surface area contributed by atoms with E-state index in [4.69, 9.17) is 0 Å². The summed E-state index contributed by atoms with van der Waals surface area (Å²) in [4.78, 5) is 26.3. The van der Waals surface area contributed by atoms with Crippen molar-refractivity contribution in [2.45, 2.75) is 20.8 Å². The molecule has 0 aliphatic heterocycles. The molecule has 0 saturated heterocycles. The maximum absolute atomic E-state index is 11.9. The molecule has 2 aromatic rings. The van der Waals surface area contributed by atoms with Crippen LogP contribution in [0.1, 0.15) is 30.0 Å². The van der Waals surface area contributed by atoms with E-state index in [1.54, 1.807) is 13.1 Å². The van der Waals surface area contributed by atoms with Crippen molar-refractivity contribution in [3.05, 3.63) is 27.9 Å². The SMILES string of the molecule is Cc1cn2nnc(C(=O)NCC(C)C)c2c(=O)[nH]1. The summed E-state index contributed by atoms with van der Waals surface area (Å²) < 4.78 is 1.32. The Morgan fingerprint density at radius 3 is 2.94 bits per heavy atom. The fraction of sp³-hybridized carbons (Fsp3) is 0.455. The van der Waals surface area contributed by atoms with E-state index in [1.165, 1.54) is 4.52 Å². The van der Waals surface area contributed by atoms with E-state index >= 15 is 0 Å². The molecule has 0 atom stereocenters. The minimum atomic E-state index is -0.381. The number of aromatic nitrogens is 4. The third-order valence-corrected chi connectivity index (χ3v) is 2.42. The van der Waals surface area contributed by atoms with Crippen LogP contribution in [-0.4, -0.2) is 32.3 Å². The standard InChI is InChI=1S/C11H15N5O2/c1-6(2)4-12-10(17)8-9-11(18)13-7(3)5-16(9)15-14-8/h5-6H,4H2,1-3H3,(H,12,17)(H,13,18). The lowest BCUT2D eigenvalue weighted by Crippen LogP contribution is -2.28. The van der Waals surface area contributed by atoms with E-state index in [-0.39, 0.29) is 22.7 Å². The van der Waals surface area contributed by atoms with E-state index in [0.717, 1.165) is 0 Å². The van der Waals surface area contributed by atoms with Crippen LogP contribution in [0.5, 0.6) is 0 Å². The summed E-state index contributed by atoms with van der Waals surface area (Å²) in [6.45, 7) is 6.24. The second kappa shape index (κ2) is 4.59. The summed E-state index contributed by atoms with van der Waals surface area (Å²) in [6, 6.07) is 0. The Balaban J connectivity index is 2.40. The van der Waals surface area contributed by atoms with Crippen LogP contribution in [0.25, 0.3) is 5.52 Å². The van der Waals surface area contributed by atoms with Gasteiger partial charge in [0.05, 0.1) is 6.20 Å². The van der Waals surface area contributed by atoms with Crippen LogP contribution in [0, 0.1) is 12.8 Å². The number of fused-ring (bicyclic) bond motifs is 1. The third-order valence-electron chi connectivity index (χ3n) is 2.42. The van der Waals surface area contributed by atoms with Gasteiger partial charge in [0.15, 0.2) is 11.2 Å². The molecule has 0 saturated carbocycles. The number of carbonyl (C=O) groups excluding carboxylic acids is 1. The highest BCUT2D eigenvalue weighted by Gasteiger charge is 2.17. The topological polar surface area (TPSA) is 92.2 Å². The van der Waals surface area contributed by atoms with Gasteiger partial charge in [0.2, 0.25) is 0 Å². The average Bonchev–Trinajstić information content (AvgIpc) is 2.69. The van der Waals surface area contributed by atoms with Crippen molar-refractivity contribution in [3.8, 4) is 0 Å². The Morgan fingerprint density at radius 2 is 2.28 bits per heavy atom. The highest BCUT2D eigenvalue weighted by atomic mass is 16.2. The van der Waals surface area contributed by atoms with Gasteiger partial charge in [0.25, 0.3) is 11.5 Å². The van der Waals surface area contributed by atoms with Crippen LogP contribution >= 0.6 is 0 Å². The van der Waals surface area contributed by atoms with Gasteiger partial charge in [0.1, 0.15) is 0 Å². The lowest BCUT2D eigenvalue weighted by atomic mass is 10.2. The van der Waals surface area contributed by atoms with Crippen LogP contribution in [0.2, 0.25) is 0 Å². The molecule has 96 valence electrons. The summed E-state index contributed by atoms with van der Waals surface area (Å²) in [6.07, 6.45) is 1.61. The Kier molecular flexibility index (Phi) is 3.14. The lowest BCUT2D eigenvalue weighted by molar-refractivity contribution is 0.0945. The van der Waals surface area contributed by atoms with Gasteiger partial charge in [-0.25, -0.2) is 4.52 Å². The van der Waals surface area contributed by atoms with Gasteiger partial charge in [-0.15, -0.1) is 5.10 Å². The predicted octanol–water partition coefficient (Wildman–Crippen LogP) is 0.112. The normalized spacial score (nSPS) is 11.1. The van der Waals surface area contributed by atoms with Crippen LogP contribution in [0.15, 0.2) is 11.0 Å². The van der Waals surface area contributed by atoms with Gasteiger partial charge in [0, 0.05) is 12.2 Å². The molecule has 7 nitrogen and oxygen atoms in total. The number of nitrogens with one attached hydrogen (secondary N) is 2.